The second-order valence-corrected chi connectivity index (χ2v) is 5.54. The van der Waals surface area contributed by atoms with Crippen LogP contribution < -0.4 is 5.32 Å². The smallest absolute Gasteiger partial charge is 0.328 e. The molecule has 0 spiro atoms. The molecule has 1 aliphatic carbocycles. The standard InChI is InChI=1S/C13H24N2O4/c1-8-5-4-6-10(7-8)15(3)13(19)14-11(9(2)16)12(17)18/h8-11,16H,4-7H2,1-3H3,(H,14,19)(H,17,18). The molecule has 1 rings (SSSR count). The van der Waals surface area contributed by atoms with Gasteiger partial charge in [-0.1, -0.05) is 19.8 Å². The number of carbonyl (C=O) groups excluding carboxylic acids is 1. The predicted molar refractivity (Wildman–Crippen MR) is 70.8 cm³/mol. The number of aliphatic hydroxyl groups is 1. The third kappa shape index (κ3) is 4.38. The molecule has 1 fully saturated rings. The Morgan fingerprint density at radius 3 is 2.47 bits per heavy atom. The molecule has 4 atom stereocenters. The van der Waals surface area contributed by atoms with Crippen molar-refractivity contribution in [1.82, 2.24) is 10.2 Å². The fourth-order valence-electron chi connectivity index (χ4n) is 2.54. The molecule has 19 heavy (non-hydrogen) atoms. The average molecular weight is 272 g/mol. The number of rotatable bonds is 4. The second kappa shape index (κ2) is 6.75. The highest BCUT2D eigenvalue weighted by atomic mass is 16.4. The van der Waals surface area contributed by atoms with Gasteiger partial charge in [0.25, 0.3) is 0 Å². The lowest BCUT2D eigenvalue weighted by atomic mass is 9.86. The number of hydrogen-bond donors (Lipinski definition) is 3. The topological polar surface area (TPSA) is 89.9 Å². The highest BCUT2D eigenvalue weighted by molar-refractivity contribution is 5.83. The lowest BCUT2D eigenvalue weighted by molar-refractivity contribution is -0.141. The van der Waals surface area contributed by atoms with Crippen LogP contribution in [0.4, 0.5) is 4.79 Å². The predicted octanol–water partition coefficient (Wildman–Crippen LogP) is 1.04. The highest BCUT2D eigenvalue weighted by Gasteiger charge is 2.30. The summed E-state index contributed by atoms with van der Waals surface area (Å²) >= 11 is 0. The molecule has 0 aliphatic heterocycles. The molecule has 0 radical (unpaired) electrons. The van der Waals surface area contributed by atoms with Gasteiger partial charge < -0.3 is 20.4 Å². The summed E-state index contributed by atoms with van der Waals surface area (Å²) in [6.07, 6.45) is 3.02. The van der Waals surface area contributed by atoms with Gasteiger partial charge in [-0.25, -0.2) is 9.59 Å². The summed E-state index contributed by atoms with van der Waals surface area (Å²) < 4.78 is 0. The highest BCUT2D eigenvalue weighted by Crippen LogP contribution is 2.26. The van der Waals surface area contributed by atoms with Crippen LogP contribution in [0.25, 0.3) is 0 Å². The number of carbonyl (C=O) groups is 2. The molecule has 2 amide bonds. The van der Waals surface area contributed by atoms with E-state index in [4.69, 9.17) is 5.11 Å². The Balaban J connectivity index is 2.58. The van der Waals surface area contributed by atoms with Crippen LogP contribution in [0.2, 0.25) is 0 Å². The molecule has 1 aliphatic rings. The number of hydrogen-bond acceptors (Lipinski definition) is 3. The number of nitrogens with one attached hydrogen (secondary N) is 1. The van der Waals surface area contributed by atoms with Crippen molar-refractivity contribution in [1.29, 1.82) is 0 Å². The number of aliphatic hydroxyl groups excluding tert-OH is 1. The van der Waals surface area contributed by atoms with E-state index in [9.17, 15) is 14.7 Å². The van der Waals surface area contributed by atoms with Crippen molar-refractivity contribution in [3.8, 4) is 0 Å². The van der Waals surface area contributed by atoms with Gasteiger partial charge in [-0.05, 0) is 25.7 Å². The molecule has 0 bridgehead atoms. The SMILES string of the molecule is CC1CCCC(N(C)C(=O)NC(C(=O)O)C(C)O)C1. The van der Waals surface area contributed by atoms with Crippen LogP contribution in [-0.4, -0.2) is 52.3 Å². The number of carboxylic acid groups (broad SMARTS) is 1. The lowest BCUT2D eigenvalue weighted by Gasteiger charge is -2.34. The van der Waals surface area contributed by atoms with E-state index in [0.717, 1.165) is 19.3 Å². The Morgan fingerprint density at radius 1 is 1.37 bits per heavy atom. The number of urea groups is 1. The second-order valence-electron chi connectivity index (χ2n) is 5.54. The third-order valence-electron chi connectivity index (χ3n) is 3.80. The molecule has 1 saturated carbocycles. The van der Waals surface area contributed by atoms with E-state index in [0.29, 0.717) is 5.92 Å². The Morgan fingerprint density at radius 2 is 2.00 bits per heavy atom. The minimum atomic E-state index is -1.27. The first-order chi connectivity index (χ1) is 8.82. The minimum absolute atomic E-state index is 0.146. The summed E-state index contributed by atoms with van der Waals surface area (Å²) in [7, 11) is 1.68. The summed E-state index contributed by atoms with van der Waals surface area (Å²) in [5.41, 5.74) is 0. The zero-order valence-electron chi connectivity index (χ0n) is 11.8. The molecule has 0 heterocycles. The monoisotopic (exact) mass is 272 g/mol. The molecule has 4 unspecified atom stereocenters. The molecular weight excluding hydrogens is 248 g/mol. The molecule has 110 valence electrons. The summed E-state index contributed by atoms with van der Waals surface area (Å²) in [6.45, 7) is 3.51. The largest absolute Gasteiger partial charge is 0.480 e. The van der Waals surface area contributed by atoms with Crippen molar-refractivity contribution in [2.45, 2.75) is 57.7 Å². The summed E-state index contributed by atoms with van der Waals surface area (Å²) in [5, 5.41) is 20.7. The van der Waals surface area contributed by atoms with Crippen molar-refractivity contribution in [2.24, 2.45) is 5.92 Å². The zero-order chi connectivity index (χ0) is 14.6. The quantitative estimate of drug-likeness (QED) is 0.713. The van der Waals surface area contributed by atoms with Crippen LogP contribution in [0, 0.1) is 5.92 Å². The first-order valence-corrected chi connectivity index (χ1v) is 6.77. The van der Waals surface area contributed by atoms with E-state index >= 15 is 0 Å². The van der Waals surface area contributed by atoms with Gasteiger partial charge in [0, 0.05) is 13.1 Å². The maximum Gasteiger partial charge on any atom is 0.328 e. The molecule has 0 aromatic heterocycles. The number of carboxylic acids is 1. The molecule has 6 nitrogen and oxygen atoms in total. The Kier molecular flexibility index (Phi) is 5.60. The van der Waals surface area contributed by atoms with Gasteiger partial charge in [0.15, 0.2) is 6.04 Å². The number of aliphatic carboxylic acids is 1. The maximum absolute atomic E-state index is 12.0. The van der Waals surface area contributed by atoms with Gasteiger partial charge in [0.1, 0.15) is 0 Å². The van der Waals surface area contributed by atoms with Crippen molar-refractivity contribution >= 4 is 12.0 Å². The van der Waals surface area contributed by atoms with Gasteiger partial charge in [0.2, 0.25) is 0 Å². The average Bonchev–Trinajstić information content (AvgIpc) is 2.33. The summed E-state index contributed by atoms with van der Waals surface area (Å²) in [4.78, 5) is 24.5. The van der Waals surface area contributed by atoms with Crippen LogP contribution in [-0.2, 0) is 4.79 Å². The molecule has 3 N–H and O–H groups in total. The van der Waals surface area contributed by atoms with Crippen molar-refractivity contribution in [3.05, 3.63) is 0 Å². The van der Waals surface area contributed by atoms with Gasteiger partial charge >= 0.3 is 12.0 Å². The van der Waals surface area contributed by atoms with Crippen LogP contribution >= 0.6 is 0 Å². The van der Waals surface area contributed by atoms with E-state index in [2.05, 4.69) is 12.2 Å². The minimum Gasteiger partial charge on any atom is -0.480 e. The van der Waals surface area contributed by atoms with Crippen LogP contribution in [0.1, 0.15) is 39.5 Å². The fraction of sp³-hybridized carbons (Fsp3) is 0.846. The Hall–Kier alpha value is -1.30. The van der Waals surface area contributed by atoms with Gasteiger partial charge in [0.05, 0.1) is 6.10 Å². The zero-order valence-corrected chi connectivity index (χ0v) is 11.8. The van der Waals surface area contributed by atoms with Gasteiger partial charge in [-0.15, -0.1) is 0 Å². The third-order valence-corrected chi connectivity index (χ3v) is 3.80. The summed E-state index contributed by atoms with van der Waals surface area (Å²) in [5.74, 6) is -0.644. The van der Waals surface area contributed by atoms with Crippen molar-refractivity contribution in [2.75, 3.05) is 7.05 Å². The first-order valence-electron chi connectivity index (χ1n) is 6.77. The lowest BCUT2D eigenvalue weighted by Crippen LogP contribution is -2.54. The number of nitrogens with zero attached hydrogens (tertiary/aromatic N) is 1. The van der Waals surface area contributed by atoms with Crippen LogP contribution in [0.5, 0.6) is 0 Å². The maximum atomic E-state index is 12.0. The van der Waals surface area contributed by atoms with Crippen LogP contribution in [0.3, 0.4) is 0 Å². The Labute approximate surface area is 113 Å². The Bertz CT molecular complexity index is 333. The van der Waals surface area contributed by atoms with E-state index in [1.165, 1.54) is 13.3 Å². The molecule has 0 aromatic rings. The van der Waals surface area contributed by atoms with E-state index in [1.54, 1.807) is 11.9 Å². The van der Waals surface area contributed by atoms with E-state index < -0.39 is 24.1 Å². The van der Waals surface area contributed by atoms with E-state index in [1.807, 2.05) is 0 Å². The fourth-order valence-corrected chi connectivity index (χ4v) is 2.54. The summed E-state index contributed by atoms with van der Waals surface area (Å²) in [6, 6.07) is -1.56. The van der Waals surface area contributed by atoms with Crippen molar-refractivity contribution in [3.63, 3.8) is 0 Å². The molecule has 6 heteroatoms. The van der Waals surface area contributed by atoms with E-state index in [-0.39, 0.29) is 6.04 Å². The first kappa shape index (κ1) is 15.8. The van der Waals surface area contributed by atoms with Crippen LogP contribution in [0.15, 0.2) is 0 Å². The molecular formula is C13H24N2O4. The molecule has 0 saturated heterocycles. The van der Waals surface area contributed by atoms with Crippen molar-refractivity contribution < 1.29 is 19.8 Å². The molecule has 0 aromatic carbocycles. The normalized spacial score (nSPS) is 26.3. The number of amides is 2. The van der Waals surface area contributed by atoms with Gasteiger partial charge in [-0.3, -0.25) is 0 Å². The van der Waals surface area contributed by atoms with Gasteiger partial charge in [-0.2, -0.15) is 0 Å².